The van der Waals surface area contributed by atoms with Gasteiger partial charge in [-0.2, -0.15) is 0 Å². The second-order valence-electron chi connectivity index (χ2n) is 4.89. The van der Waals surface area contributed by atoms with Crippen LogP contribution in [0.25, 0.3) is 11.4 Å². The molecule has 0 radical (unpaired) electrons. The number of carbonyl (C=O) groups is 1. The molecule has 0 aliphatic rings. The smallest absolute Gasteiger partial charge is 0.303 e. The van der Waals surface area contributed by atoms with Gasteiger partial charge >= 0.3 is 5.97 Å². The SMILES string of the molecule is COc1cc(-c2ncc(CCC(=O)O)c(=O)[nH]2)cc(OC)c1OC. The first-order valence-electron chi connectivity index (χ1n) is 7.10. The maximum absolute atomic E-state index is 12.1. The lowest BCUT2D eigenvalue weighted by Crippen LogP contribution is -2.15. The van der Waals surface area contributed by atoms with Crippen LogP contribution in [0.4, 0.5) is 0 Å². The molecule has 0 aliphatic carbocycles. The van der Waals surface area contributed by atoms with Crippen molar-refractivity contribution in [1.82, 2.24) is 9.97 Å². The van der Waals surface area contributed by atoms with Crippen molar-refractivity contribution in [1.29, 1.82) is 0 Å². The van der Waals surface area contributed by atoms with Crippen LogP contribution in [-0.4, -0.2) is 42.4 Å². The molecule has 0 saturated heterocycles. The van der Waals surface area contributed by atoms with Gasteiger partial charge < -0.3 is 24.3 Å². The number of carboxylic acids is 1. The van der Waals surface area contributed by atoms with Gasteiger partial charge in [-0.3, -0.25) is 9.59 Å². The number of methoxy groups -OCH3 is 3. The Balaban J connectivity index is 2.43. The Morgan fingerprint density at radius 3 is 2.25 bits per heavy atom. The number of nitrogens with one attached hydrogen (secondary N) is 1. The monoisotopic (exact) mass is 334 g/mol. The molecule has 8 heteroatoms. The molecule has 8 nitrogen and oxygen atoms in total. The number of rotatable bonds is 7. The summed E-state index contributed by atoms with van der Waals surface area (Å²) in [6, 6.07) is 3.33. The maximum atomic E-state index is 12.1. The molecule has 2 aromatic rings. The van der Waals surface area contributed by atoms with Crippen LogP contribution in [0, 0.1) is 0 Å². The number of aliphatic carboxylic acids is 1. The first-order valence-corrected chi connectivity index (χ1v) is 7.10. The van der Waals surface area contributed by atoms with Gasteiger partial charge in [-0.25, -0.2) is 4.98 Å². The molecule has 1 aromatic carbocycles. The van der Waals surface area contributed by atoms with E-state index >= 15 is 0 Å². The Kier molecular flexibility index (Phi) is 5.41. The van der Waals surface area contributed by atoms with E-state index in [0.29, 0.717) is 34.2 Å². The van der Waals surface area contributed by atoms with Crippen LogP contribution in [0.2, 0.25) is 0 Å². The summed E-state index contributed by atoms with van der Waals surface area (Å²) in [5, 5.41) is 8.69. The van der Waals surface area contributed by atoms with Gasteiger partial charge in [0.25, 0.3) is 5.56 Å². The topological polar surface area (TPSA) is 111 Å². The lowest BCUT2D eigenvalue weighted by Gasteiger charge is -2.13. The number of nitrogens with zero attached hydrogens (tertiary/aromatic N) is 1. The molecule has 24 heavy (non-hydrogen) atoms. The van der Waals surface area contributed by atoms with Crippen molar-refractivity contribution in [2.45, 2.75) is 12.8 Å². The van der Waals surface area contributed by atoms with Gasteiger partial charge in [-0.1, -0.05) is 0 Å². The van der Waals surface area contributed by atoms with Crippen molar-refractivity contribution in [3.63, 3.8) is 0 Å². The zero-order valence-electron chi connectivity index (χ0n) is 13.6. The van der Waals surface area contributed by atoms with E-state index in [1.165, 1.54) is 27.5 Å². The van der Waals surface area contributed by atoms with Crippen LogP contribution in [0.15, 0.2) is 23.1 Å². The molecule has 1 aromatic heterocycles. The number of carboxylic acid groups (broad SMARTS) is 1. The molecular weight excluding hydrogens is 316 g/mol. The third kappa shape index (κ3) is 3.65. The van der Waals surface area contributed by atoms with E-state index in [1.54, 1.807) is 12.1 Å². The molecule has 2 N–H and O–H groups in total. The normalized spacial score (nSPS) is 10.3. The Bertz CT molecular complexity index is 774. The van der Waals surface area contributed by atoms with Crippen molar-refractivity contribution >= 4 is 5.97 Å². The summed E-state index contributed by atoms with van der Waals surface area (Å²) in [4.78, 5) is 29.5. The molecule has 0 aliphatic heterocycles. The number of aromatic nitrogens is 2. The Hall–Kier alpha value is -3.03. The fourth-order valence-electron chi connectivity index (χ4n) is 2.21. The Morgan fingerprint density at radius 2 is 1.79 bits per heavy atom. The molecule has 0 fully saturated rings. The van der Waals surface area contributed by atoms with Crippen LogP contribution in [-0.2, 0) is 11.2 Å². The Labute approximate surface area is 138 Å². The largest absolute Gasteiger partial charge is 0.493 e. The highest BCUT2D eigenvalue weighted by atomic mass is 16.5. The number of benzene rings is 1. The van der Waals surface area contributed by atoms with E-state index in [4.69, 9.17) is 19.3 Å². The van der Waals surface area contributed by atoms with Gasteiger partial charge in [0, 0.05) is 23.7 Å². The maximum Gasteiger partial charge on any atom is 0.303 e. The van der Waals surface area contributed by atoms with Crippen LogP contribution in [0.1, 0.15) is 12.0 Å². The second-order valence-corrected chi connectivity index (χ2v) is 4.89. The lowest BCUT2D eigenvalue weighted by atomic mass is 10.1. The molecule has 0 unspecified atom stereocenters. The average Bonchev–Trinajstić information content (AvgIpc) is 2.58. The van der Waals surface area contributed by atoms with Crippen molar-refractivity contribution in [3.05, 3.63) is 34.2 Å². The van der Waals surface area contributed by atoms with E-state index in [-0.39, 0.29) is 18.4 Å². The van der Waals surface area contributed by atoms with E-state index in [9.17, 15) is 9.59 Å². The average molecular weight is 334 g/mol. The van der Waals surface area contributed by atoms with Gasteiger partial charge in [0.1, 0.15) is 5.82 Å². The van der Waals surface area contributed by atoms with Crippen molar-refractivity contribution < 1.29 is 24.1 Å². The van der Waals surface area contributed by atoms with Gasteiger partial charge in [0.05, 0.1) is 21.3 Å². The molecule has 0 bridgehead atoms. The quantitative estimate of drug-likeness (QED) is 0.789. The molecular formula is C16H18N2O6. The Morgan fingerprint density at radius 1 is 1.17 bits per heavy atom. The lowest BCUT2D eigenvalue weighted by molar-refractivity contribution is -0.136. The molecule has 0 atom stereocenters. The molecule has 0 spiro atoms. The summed E-state index contributed by atoms with van der Waals surface area (Å²) in [5.74, 6) is 0.652. The predicted octanol–water partition coefficient (Wildman–Crippen LogP) is 1.48. The third-order valence-corrected chi connectivity index (χ3v) is 3.42. The minimum Gasteiger partial charge on any atom is -0.493 e. The van der Waals surface area contributed by atoms with Crippen LogP contribution < -0.4 is 19.8 Å². The fourth-order valence-corrected chi connectivity index (χ4v) is 2.21. The highest BCUT2D eigenvalue weighted by Crippen LogP contribution is 2.40. The molecule has 1 heterocycles. The molecule has 0 amide bonds. The first-order chi connectivity index (χ1) is 11.5. The number of ether oxygens (including phenoxy) is 3. The summed E-state index contributed by atoms with van der Waals surface area (Å²) in [6.45, 7) is 0. The van der Waals surface area contributed by atoms with Crippen molar-refractivity contribution in [2.24, 2.45) is 0 Å². The van der Waals surface area contributed by atoms with Crippen LogP contribution >= 0.6 is 0 Å². The first kappa shape index (κ1) is 17.3. The number of H-pyrrole nitrogens is 1. The molecule has 2 rings (SSSR count). The minimum absolute atomic E-state index is 0.118. The standard InChI is InChI=1S/C16H18N2O6/c1-22-11-6-10(7-12(23-2)14(11)24-3)15-17-8-9(16(21)18-15)4-5-13(19)20/h6-8H,4-5H2,1-3H3,(H,19,20)(H,17,18,21). The minimum atomic E-state index is -0.969. The van der Waals surface area contributed by atoms with Gasteiger partial charge in [0.2, 0.25) is 5.75 Å². The van der Waals surface area contributed by atoms with Crippen molar-refractivity contribution in [2.75, 3.05) is 21.3 Å². The van der Waals surface area contributed by atoms with Gasteiger partial charge in [-0.05, 0) is 18.6 Å². The summed E-state index contributed by atoms with van der Waals surface area (Å²) < 4.78 is 15.8. The van der Waals surface area contributed by atoms with Crippen LogP contribution in [0.5, 0.6) is 17.2 Å². The number of hydrogen-bond donors (Lipinski definition) is 2. The van der Waals surface area contributed by atoms with E-state index in [2.05, 4.69) is 9.97 Å². The van der Waals surface area contributed by atoms with Gasteiger partial charge in [-0.15, -0.1) is 0 Å². The van der Waals surface area contributed by atoms with Crippen LogP contribution in [0.3, 0.4) is 0 Å². The predicted molar refractivity (Wildman–Crippen MR) is 85.9 cm³/mol. The number of aromatic amines is 1. The third-order valence-electron chi connectivity index (χ3n) is 3.42. The summed E-state index contributed by atoms with van der Waals surface area (Å²) in [5.41, 5.74) is 0.509. The molecule has 128 valence electrons. The summed E-state index contributed by atoms with van der Waals surface area (Å²) >= 11 is 0. The highest BCUT2D eigenvalue weighted by Gasteiger charge is 2.15. The molecule has 0 saturated carbocycles. The summed E-state index contributed by atoms with van der Waals surface area (Å²) in [6.07, 6.45) is 1.36. The van der Waals surface area contributed by atoms with Gasteiger partial charge in [0.15, 0.2) is 11.5 Å². The van der Waals surface area contributed by atoms with Crippen molar-refractivity contribution in [3.8, 4) is 28.6 Å². The number of aryl methyl sites for hydroxylation is 1. The summed E-state index contributed by atoms with van der Waals surface area (Å²) in [7, 11) is 4.48. The zero-order valence-corrected chi connectivity index (χ0v) is 13.6. The number of hydrogen-bond acceptors (Lipinski definition) is 6. The second kappa shape index (κ2) is 7.49. The van der Waals surface area contributed by atoms with E-state index < -0.39 is 5.97 Å². The van der Waals surface area contributed by atoms with E-state index in [1.807, 2.05) is 0 Å². The zero-order chi connectivity index (χ0) is 17.7. The fraction of sp³-hybridized carbons (Fsp3) is 0.312. The highest BCUT2D eigenvalue weighted by molar-refractivity contribution is 5.67. The van der Waals surface area contributed by atoms with E-state index in [0.717, 1.165) is 0 Å².